The number of nitrogens with one attached hydrogen (secondary N) is 1. The molecule has 29 heavy (non-hydrogen) atoms. The Balaban J connectivity index is 1.38. The summed E-state index contributed by atoms with van der Waals surface area (Å²) < 4.78 is 13.1. The van der Waals surface area contributed by atoms with Crippen molar-refractivity contribution in [2.75, 3.05) is 13.2 Å². The van der Waals surface area contributed by atoms with Gasteiger partial charge in [-0.05, 0) is 49.1 Å². The van der Waals surface area contributed by atoms with E-state index in [1.54, 1.807) is 6.07 Å². The summed E-state index contributed by atoms with van der Waals surface area (Å²) in [6.07, 6.45) is 2.85. The molecule has 1 amide bonds. The van der Waals surface area contributed by atoms with E-state index in [2.05, 4.69) is 10.4 Å². The van der Waals surface area contributed by atoms with Gasteiger partial charge in [-0.15, -0.1) is 0 Å². The molecule has 1 aliphatic carbocycles. The number of rotatable bonds is 4. The van der Waals surface area contributed by atoms with Gasteiger partial charge in [-0.25, -0.2) is 4.68 Å². The molecular weight excluding hydrogens is 390 g/mol. The highest BCUT2D eigenvalue weighted by Gasteiger charge is 2.27. The van der Waals surface area contributed by atoms with Crippen LogP contribution in [0.5, 0.6) is 11.5 Å². The molecule has 0 atom stereocenters. The van der Waals surface area contributed by atoms with Gasteiger partial charge in [0.1, 0.15) is 13.2 Å². The van der Waals surface area contributed by atoms with Crippen LogP contribution in [0.2, 0.25) is 5.02 Å². The zero-order chi connectivity index (χ0) is 19.8. The first kappa shape index (κ1) is 18.1. The van der Waals surface area contributed by atoms with Crippen molar-refractivity contribution in [3.05, 3.63) is 70.0 Å². The molecule has 0 radical (unpaired) electrons. The summed E-state index contributed by atoms with van der Waals surface area (Å²) in [5.74, 6) is 0.999. The number of fused-ring (bicyclic) bond motifs is 2. The fraction of sp³-hybridized carbons (Fsp3) is 0.273. The monoisotopic (exact) mass is 409 g/mol. The third-order valence-corrected chi connectivity index (χ3v) is 5.54. The van der Waals surface area contributed by atoms with E-state index in [1.807, 2.05) is 41.1 Å². The summed E-state index contributed by atoms with van der Waals surface area (Å²) in [4.78, 5) is 12.9. The Morgan fingerprint density at radius 3 is 2.83 bits per heavy atom. The van der Waals surface area contributed by atoms with Crippen LogP contribution in [0.4, 0.5) is 0 Å². The van der Waals surface area contributed by atoms with Crippen LogP contribution in [0.3, 0.4) is 0 Å². The molecule has 0 fully saturated rings. The number of amides is 1. The maximum atomic E-state index is 12.9. The molecule has 5 rings (SSSR count). The molecule has 3 aromatic rings. The molecule has 0 saturated heterocycles. The number of carbonyl (C=O) groups excluding carboxylic acids is 1. The molecule has 0 saturated carbocycles. The van der Waals surface area contributed by atoms with Crippen molar-refractivity contribution < 1.29 is 14.3 Å². The molecule has 0 unspecified atom stereocenters. The van der Waals surface area contributed by atoms with Gasteiger partial charge in [-0.2, -0.15) is 5.10 Å². The average Bonchev–Trinajstić information content (AvgIpc) is 3.35. The minimum atomic E-state index is -0.177. The van der Waals surface area contributed by atoms with Crippen LogP contribution in [-0.4, -0.2) is 28.9 Å². The highest BCUT2D eigenvalue weighted by atomic mass is 35.5. The second-order valence-corrected chi connectivity index (χ2v) is 7.57. The number of benzene rings is 2. The van der Waals surface area contributed by atoms with E-state index in [4.69, 9.17) is 21.1 Å². The zero-order valence-corrected chi connectivity index (χ0v) is 16.5. The number of carbonyl (C=O) groups is 1. The van der Waals surface area contributed by atoms with Crippen molar-refractivity contribution in [2.24, 2.45) is 0 Å². The maximum Gasteiger partial charge on any atom is 0.272 e. The molecule has 2 aliphatic rings. The van der Waals surface area contributed by atoms with Gasteiger partial charge < -0.3 is 14.8 Å². The molecule has 2 aromatic carbocycles. The van der Waals surface area contributed by atoms with E-state index in [-0.39, 0.29) is 5.91 Å². The summed E-state index contributed by atoms with van der Waals surface area (Å²) in [5, 5.41) is 8.10. The third-order valence-electron chi connectivity index (χ3n) is 5.26. The first-order valence-electron chi connectivity index (χ1n) is 9.73. The Morgan fingerprint density at radius 1 is 1.14 bits per heavy atom. The topological polar surface area (TPSA) is 65.4 Å². The molecule has 2 heterocycles. The molecule has 1 aromatic heterocycles. The lowest BCUT2D eigenvalue weighted by Crippen LogP contribution is -2.24. The first-order chi connectivity index (χ1) is 14.2. The minimum absolute atomic E-state index is 0.177. The summed E-state index contributed by atoms with van der Waals surface area (Å²) in [6, 6.07) is 13.6. The Morgan fingerprint density at radius 2 is 1.97 bits per heavy atom. The van der Waals surface area contributed by atoms with Gasteiger partial charge in [0.05, 0.1) is 10.7 Å². The first-order valence-corrected chi connectivity index (χ1v) is 10.1. The minimum Gasteiger partial charge on any atom is -0.486 e. The van der Waals surface area contributed by atoms with Crippen molar-refractivity contribution in [3.8, 4) is 17.2 Å². The lowest BCUT2D eigenvalue weighted by molar-refractivity contribution is 0.0944. The smallest absolute Gasteiger partial charge is 0.272 e. The largest absolute Gasteiger partial charge is 0.486 e. The zero-order valence-electron chi connectivity index (χ0n) is 15.8. The van der Waals surface area contributed by atoms with Gasteiger partial charge in [0.2, 0.25) is 0 Å². The highest BCUT2D eigenvalue weighted by Crippen LogP contribution is 2.38. The second-order valence-electron chi connectivity index (χ2n) is 7.16. The van der Waals surface area contributed by atoms with Crippen molar-refractivity contribution in [3.63, 3.8) is 0 Å². The Kier molecular flexibility index (Phi) is 4.64. The molecular formula is C22H20ClN3O3. The van der Waals surface area contributed by atoms with Gasteiger partial charge in [0.15, 0.2) is 17.2 Å². The standard InChI is InChI=1S/C22H20ClN3O3/c23-17-11-14(12-19-21(17)29-10-9-28-19)13-24-22(27)20-16-7-4-8-18(16)26(25-20)15-5-2-1-3-6-15/h1-3,5-6,11-12H,4,7-10,13H2,(H,24,27). The van der Waals surface area contributed by atoms with Gasteiger partial charge in [0.25, 0.3) is 5.91 Å². The summed E-state index contributed by atoms with van der Waals surface area (Å²) in [7, 11) is 0. The lowest BCUT2D eigenvalue weighted by Gasteiger charge is -2.20. The molecule has 0 bridgehead atoms. The van der Waals surface area contributed by atoms with Crippen LogP contribution in [0.15, 0.2) is 42.5 Å². The number of nitrogens with zero attached hydrogens (tertiary/aromatic N) is 2. The molecule has 1 N–H and O–H groups in total. The van der Waals surface area contributed by atoms with Crippen molar-refractivity contribution in [2.45, 2.75) is 25.8 Å². The van der Waals surface area contributed by atoms with Gasteiger partial charge in [-0.1, -0.05) is 29.8 Å². The van der Waals surface area contributed by atoms with Crippen molar-refractivity contribution in [1.29, 1.82) is 0 Å². The number of hydrogen-bond donors (Lipinski definition) is 1. The van der Waals surface area contributed by atoms with Crippen LogP contribution in [-0.2, 0) is 19.4 Å². The quantitative estimate of drug-likeness (QED) is 0.713. The van der Waals surface area contributed by atoms with Gasteiger partial charge >= 0.3 is 0 Å². The number of halogens is 1. The predicted octanol–water partition coefficient (Wildman–Crippen LogP) is 3.72. The third kappa shape index (κ3) is 3.34. The van der Waals surface area contributed by atoms with E-state index in [1.165, 1.54) is 0 Å². The number of hydrogen-bond acceptors (Lipinski definition) is 4. The van der Waals surface area contributed by atoms with E-state index in [0.717, 1.165) is 41.8 Å². The van der Waals surface area contributed by atoms with Crippen LogP contribution < -0.4 is 14.8 Å². The van der Waals surface area contributed by atoms with E-state index in [9.17, 15) is 4.79 Å². The van der Waals surface area contributed by atoms with E-state index in [0.29, 0.717) is 42.0 Å². The summed E-state index contributed by atoms with van der Waals surface area (Å²) in [5.41, 5.74) is 4.51. The molecule has 1 aliphatic heterocycles. The second kappa shape index (κ2) is 7.44. The van der Waals surface area contributed by atoms with E-state index < -0.39 is 0 Å². The van der Waals surface area contributed by atoms with Crippen molar-refractivity contribution >= 4 is 17.5 Å². The van der Waals surface area contributed by atoms with Gasteiger partial charge in [0, 0.05) is 17.8 Å². The maximum absolute atomic E-state index is 12.9. The SMILES string of the molecule is O=C(NCc1cc(Cl)c2c(c1)OCCO2)c1nn(-c2ccccc2)c2c1CCC2. The highest BCUT2D eigenvalue weighted by molar-refractivity contribution is 6.32. The normalized spacial score (nSPS) is 14.5. The molecule has 6 nitrogen and oxygen atoms in total. The lowest BCUT2D eigenvalue weighted by atomic mass is 10.1. The van der Waals surface area contributed by atoms with Crippen LogP contribution in [0.25, 0.3) is 5.69 Å². The molecule has 7 heteroatoms. The van der Waals surface area contributed by atoms with E-state index >= 15 is 0 Å². The Hall–Kier alpha value is -2.99. The average molecular weight is 410 g/mol. The van der Waals surface area contributed by atoms with Crippen LogP contribution in [0.1, 0.15) is 33.7 Å². The number of para-hydroxylation sites is 1. The summed E-state index contributed by atoms with van der Waals surface area (Å²) >= 11 is 6.29. The number of aromatic nitrogens is 2. The summed E-state index contributed by atoms with van der Waals surface area (Å²) in [6.45, 7) is 1.31. The molecule has 0 spiro atoms. The Labute approximate surface area is 173 Å². The van der Waals surface area contributed by atoms with Crippen molar-refractivity contribution in [1.82, 2.24) is 15.1 Å². The van der Waals surface area contributed by atoms with Gasteiger partial charge in [-0.3, -0.25) is 4.79 Å². The fourth-order valence-corrected chi connectivity index (χ4v) is 4.22. The Bertz CT molecular complexity index is 1080. The molecule has 148 valence electrons. The van der Waals surface area contributed by atoms with Crippen LogP contribution >= 0.6 is 11.6 Å². The predicted molar refractivity (Wildman–Crippen MR) is 109 cm³/mol. The van der Waals surface area contributed by atoms with Crippen LogP contribution in [0, 0.1) is 0 Å². The fourth-order valence-electron chi connectivity index (χ4n) is 3.93. The number of ether oxygens (including phenoxy) is 2.